The van der Waals surface area contributed by atoms with E-state index < -0.39 is 17.7 Å². The standard InChI is InChI=1S/C9H17NO4/c1-9(2,3)14-8(13)10-7(6-12)4-5-11/h6-7,11H,4-5H2,1-3H3,(H,10,13). The van der Waals surface area contributed by atoms with Crippen LogP contribution >= 0.6 is 0 Å². The number of amides is 1. The lowest BCUT2D eigenvalue weighted by molar-refractivity contribution is -0.110. The van der Waals surface area contributed by atoms with Gasteiger partial charge in [0.15, 0.2) is 0 Å². The highest BCUT2D eigenvalue weighted by Gasteiger charge is 2.18. The smallest absolute Gasteiger partial charge is 0.408 e. The maximum atomic E-state index is 11.1. The van der Waals surface area contributed by atoms with Crippen LogP contribution in [0.3, 0.4) is 0 Å². The van der Waals surface area contributed by atoms with Crippen LogP contribution in [-0.2, 0) is 9.53 Å². The molecular weight excluding hydrogens is 186 g/mol. The summed E-state index contributed by atoms with van der Waals surface area (Å²) >= 11 is 0. The molecule has 0 radical (unpaired) electrons. The van der Waals surface area contributed by atoms with Crippen molar-refractivity contribution in [3.05, 3.63) is 0 Å². The molecule has 0 heterocycles. The van der Waals surface area contributed by atoms with E-state index in [1.54, 1.807) is 20.8 Å². The van der Waals surface area contributed by atoms with Crippen LogP contribution in [0.4, 0.5) is 4.79 Å². The first-order valence-electron chi connectivity index (χ1n) is 4.44. The molecule has 0 spiro atoms. The minimum atomic E-state index is -0.685. The third kappa shape index (κ3) is 6.42. The molecule has 1 unspecified atom stereocenters. The number of hydrogen-bond donors (Lipinski definition) is 2. The van der Waals surface area contributed by atoms with Gasteiger partial charge in [0, 0.05) is 6.61 Å². The van der Waals surface area contributed by atoms with E-state index in [2.05, 4.69) is 5.32 Å². The van der Waals surface area contributed by atoms with Crippen molar-refractivity contribution in [2.45, 2.75) is 38.8 Å². The summed E-state index contributed by atoms with van der Waals surface area (Å²) in [6, 6.07) is -0.685. The van der Waals surface area contributed by atoms with E-state index in [1.807, 2.05) is 0 Å². The molecule has 0 saturated carbocycles. The minimum Gasteiger partial charge on any atom is -0.444 e. The van der Waals surface area contributed by atoms with Gasteiger partial charge < -0.3 is 20.0 Å². The van der Waals surface area contributed by atoms with E-state index in [1.165, 1.54) is 0 Å². The van der Waals surface area contributed by atoms with Crippen molar-refractivity contribution in [1.29, 1.82) is 0 Å². The Morgan fingerprint density at radius 3 is 2.50 bits per heavy atom. The number of nitrogens with one attached hydrogen (secondary N) is 1. The SMILES string of the molecule is CC(C)(C)OC(=O)NC(C=O)CCO. The van der Waals surface area contributed by atoms with E-state index in [0.717, 1.165) is 0 Å². The zero-order chi connectivity index (χ0) is 11.2. The Balaban J connectivity index is 3.97. The molecule has 0 aliphatic heterocycles. The van der Waals surface area contributed by atoms with E-state index in [0.29, 0.717) is 6.29 Å². The molecule has 0 aliphatic rings. The Morgan fingerprint density at radius 2 is 2.14 bits per heavy atom. The van der Waals surface area contributed by atoms with Crippen LogP contribution in [0.15, 0.2) is 0 Å². The first kappa shape index (κ1) is 12.9. The zero-order valence-corrected chi connectivity index (χ0v) is 8.74. The normalized spacial score (nSPS) is 13.1. The molecule has 0 fully saturated rings. The summed E-state index contributed by atoms with van der Waals surface area (Å²) in [7, 11) is 0. The monoisotopic (exact) mass is 203 g/mol. The van der Waals surface area contributed by atoms with Crippen molar-refractivity contribution in [2.24, 2.45) is 0 Å². The zero-order valence-electron chi connectivity index (χ0n) is 8.74. The number of aliphatic hydroxyl groups excluding tert-OH is 1. The maximum absolute atomic E-state index is 11.1. The van der Waals surface area contributed by atoms with E-state index >= 15 is 0 Å². The van der Waals surface area contributed by atoms with E-state index in [9.17, 15) is 9.59 Å². The fourth-order valence-corrected chi connectivity index (χ4v) is 0.772. The Morgan fingerprint density at radius 1 is 1.57 bits per heavy atom. The number of aliphatic hydroxyl groups is 1. The largest absolute Gasteiger partial charge is 0.444 e. The van der Waals surface area contributed by atoms with Crippen LogP contribution in [0.25, 0.3) is 0 Å². The molecule has 82 valence electrons. The average molecular weight is 203 g/mol. The number of carbonyl (C=O) groups is 2. The highest BCUT2D eigenvalue weighted by Crippen LogP contribution is 2.06. The molecule has 0 aromatic carbocycles. The quantitative estimate of drug-likeness (QED) is 0.651. The summed E-state index contributed by atoms with van der Waals surface area (Å²) < 4.78 is 4.93. The summed E-state index contributed by atoms with van der Waals surface area (Å²) in [5, 5.41) is 10.9. The van der Waals surface area contributed by atoms with Crippen molar-refractivity contribution in [2.75, 3.05) is 6.61 Å². The molecule has 0 rings (SSSR count). The third-order valence-corrected chi connectivity index (χ3v) is 1.31. The van der Waals surface area contributed by atoms with Crippen LogP contribution in [0.5, 0.6) is 0 Å². The molecule has 14 heavy (non-hydrogen) atoms. The Hall–Kier alpha value is -1.10. The minimum absolute atomic E-state index is 0.154. The fourth-order valence-electron chi connectivity index (χ4n) is 0.772. The summed E-state index contributed by atoms with van der Waals surface area (Å²) in [5.74, 6) is 0. The number of carbonyl (C=O) groups excluding carboxylic acids is 2. The molecule has 0 aliphatic carbocycles. The molecule has 5 nitrogen and oxygen atoms in total. The van der Waals surface area contributed by atoms with Crippen LogP contribution in [0.2, 0.25) is 0 Å². The second-order valence-corrected chi connectivity index (χ2v) is 3.90. The Bertz CT molecular complexity index is 197. The van der Waals surface area contributed by atoms with Crippen LogP contribution in [0.1, 0.15) is 27.2 Å². The number of alkyl carbamates (subject to hydrolysis) is 1. The van der Waals surface area contributed by atoms with Crippen molar-refractivity contribution in [1.82, 2.24) is 5.32 Å². The lowest BCUT2D eigenvalue weighted by Crippen LogP contribution is -2.40. The maximum Gasteiger partial charge on any atom is 0.408 e. The highest BCUT2D eigenvalue weighted by molar-refractivity contribution is 5.73. The van der Waals surface area contributed by atoms with Crippen molar-refractivity contribution in [3.8, 4) is 0 Å². The molecule has 0 bridgehead atoms. The fraction of sp³-hybridized carbons (Fsp3) is 0.778. The van der Waals surface area contributed by atoms with E-state index in [-0.39, 0.29) is 13.0 Å². The van der Waals surface area contributed by atoms with Crippen LogP contribution < -0.4 is 5.32 Å². The van der Waals surface area contributed by atoms with E-state index in [4.69, 9.17) is 9.84 Å². The van der Waals surface area contributed by atoms with Crippen LogP contribution in [-0.4, -0.2) is 35.7 Å². The van der Waals surface area contributed by atoms with Gasteiger partial charge in [-0.2, -0.15) is 0 Å². The lowest BCUT2D eigenvalue weighted by atomic mass is 10.2. The van der Waals surface area contributed by atoms with Gasteiger partial charge in [-0.15, -0.1) is 0 Å². The highest BCUT2D eigenvalue weighted by atomic mass is 16.6. The molecule has 0 aromatic rings. The van der Waals surface area contributed by atoms with Gasteiger partial charge in [-0.3, -0.25) is 0 Å². The number of aldehydes is 1. The van der Waals surface area contributed by atoms with Gasteiger partial charge in [0.1, 0.15) is 11.9 Å². The molecule has 0 aromatic heterocycles. The van der Waals surface area contributed by atoms with Gasteiger partial charge in [0.25, 0.3) is 0 Å². The summed E-state index contributed by atoms with van der Waals surface area (Å²) in [6.07, 6.45) is 0.117. The summed E-state index contributed by atoms with van der Waals surface area (Å²) in [5.41, 5.74) is -0.587. The van der Waals surface area contributed by atoms with Gasteiger partial charge in [-0.25, -0.2) is 4.79 Å². The predicted molar refractivity (Wildman–Crippen MR) is 50.9 cm³/mol. The third-order valence-electron chi connectivity index (χ3n) is 1.31. The van der Waals surface area contributed by atoms with Crippen LogP contribution in [0, 0.1) is 0 Å². The van der Waals surface area contributed by atoms with Crippen molar-refractivity contribution >= 4 is 12.4 Å². The molecule has 5 heteroatoms. The first-order valence-corrected chi connectivity index (χ1v) is 4.44. The van der Waals surface area contributed by atoms with Gasteiger partial charge in [-0.1, -0.05) is 0 Å². The second-order valence-electron chi connectivity index (χ2n) is 3.90. The van der Waals surface area contributed by atoms with Gasteiger partial charge in [-0.05, 0) is 27.2 Å². The molecule has 0 saturated heterocycles. The Labute approximate surface area is 83.4 Å². The van der Waals surface area contributed by atoms with Gasteiger partial charge in [0.2, 0.25) is 0 Å². The topological polar surface area (TPSA) is 75.6 Å². The molecule has 1 amide bonds. The van der Waals surface area contributed by atoms with Gasteiger partial charge in [0.05, 0.1) is 6.04 Å². The molecule has 2 N–H and O–H groups in total. The van der Waals surface area contributed by atoms with Crippen molar-refractivity contribution < 1.29 is 19.4 Å². The molecule has 1 atom stereocenters. The number of ether oxygens (including phenoxy) is 1. The molecular formula is C9H17NO4. The predicted octanol–water partition coefficient (Wildman–Crippen LogP) is 0.461. The number of rotatable bonds is 4. The first-order chi connectivity index (χ1) is 6.39. The van der Waals surface area contributed by atoms with Gasteiger partial charge >= 0.3 is 6.09 Å². The summed E-state index contributed by atoms with van der Waals surface area (Å²) in [6.45, 7) is 5.04. The Kier molecular flexibility index (Phi) is 5.15. The van der Waals surface area contributed by atoms with Crippen molar-refractivity contribution in [3.63, 3.8) is 0 Å². The second kappa shape index (κ2) is 5.59. The summed E-state index contributed by atoms with van der Waals surface area (Å²) in [4.78, 5) is 21.5. The lowest BCUT2D eigenvalue weighted by Gasteiger charge is -2.21. The number of hydrogen-bond acceptors (Lipinski definition) is 4. The average Bonchev–Trinajstić information content (AvgIpc) is 2.00.